The molecule has 1 aliphatic heterocycles. The Labute approximate surface area is 79.2 Å². The van der Waals surface area contributed by atoms with Gasteiger partial charge in [0.2, 0.25) is 6.41 Å². The zero-order valence-corrected chi connectivity index (χ0v) is 8.54. The van der Waals surface area contributed by atoms with Gasteiger partial charge in [-0.05, 0) is 20.8 Å². The van der Waals surface area contributed by atoms with Gasteiger partial charge in [0.25, 0.3) is 0 Å². The van der Waals surface area contributed by atoms with Crippen molar-refractivity contribution in [2.75, 3.05) is 19.6 Å². The lowest BCUT2D eigenvalue weighted by atomic mass is 10.0. The van der Waals surface area contributed by atoms with Crippen LogP contribution in [0.15, 0.2) is 0 Å². The summed E-state index contributed by atoms with van der Waals surface area (Å²) in [6.07, 6.45) is 0.754. The molecule has 0 radical (unpaired) electrons. The van der Waals surface area contributed by atoms with Crippen molar-refractivity contribution in [3.05, 3.63) is 0 Å². The summed E-state index contributed by atoms with van der Waals surface area (Å²) in [4.78, 5) is 16.1. The summed E-state index contributed by atoms with van der Waals surface area (Å²) in [6.45, 7) is 8.46. The average Bonchev–Trinajstić information content (AvgIpc) is 1.91. The average molecular weight is 186 g/mol. The van der Waals surface area contributed by atoms with E-state index in [4.69, 9.17) is 4.84 Å². The molecule has 1 saturated heterocycles. The van der Waals surface area contributed by atoms with Crippen LogP contribution in [-0.4, -0.2) is 36.7 Å². The molecule has 13 heavy (non-hydrogen) atoms. The summed E-state index contributed by atoms with van der Waals surface area (Å²) < 4.78 is 0. The molecule has 1 N–H and O–H groups in total. The minimum absolute atomic E-state index is 0.294. The van der Waals surface area contributed by atoms with E-state index >= 15 is 0 Å². The van der Waals surface area contributed by atoms with Gasteiger partial charge in [-0.15, -0.1) is 0 Å². The van der Waals surface area contributed by atoms with E-state index in [0.29, 0.717) is 12.5 Å². The largest absolute Gasteiger partial charge is 0.316 e. The second-order valence-electron chi connectivity index (χ2n) is 4.43. The number of hydroxylamine groups is 2. The molecule has 0 atom stereocenters. The predicted octanol–water partition coefficient (Wildman–Crippen LogP) is 0.394. The fourth-order valence-corrected chi connectivity index (χ4v) is 1.19. The summed E-state index contributed by atoms with van der Waals surface area (Å²) in [5.74, 6) is 0.549. The first-order valence-electron chi connectivity index (χ1n) is 4.63. The third-order valence-electron chi connectivity index (χ3n) is 1.81. The molecular formula is C9H18N2O2. The van der Waals surface area contributed by atoms with Crippen LogP contribution in [0, 0.1) is 5.92 Å². The van der Waals surface area contributed by atoms with Crippen LogP contribution in [0.4, 0.5) is 0 Å². The van der Waals surface area contributed by atoms with Crippen LogP contribution in [0.2, 0.25) is 0 Å². The van der Waals surface area contributed by atoms with E-state index in [9.17, 15) is 4.79 Å². The summed E-state index contributed by atoms with van der Waals surface area (Å²) in [5.41, 5.74) is -0.294. The molecule has 0 spiro atoms. The fourth-order valence-electron chi connectivity index (χ4n) is 1.19. The third-order valence-corrected chi connectivity index (χ3v) is 1.81. The van der Waals surface area contributed by atoms with Crippen LogP contribution >= 0.6 is 0 Å². The Balaban J connectivity index is 2.29. The van der Waals surface area contributed by atoms with E-state index in [0.717, 1.165) is 19.5 Å². The third kappa shape index (κ3) is 3.74. The van der Waals surface area contributed by atoms with Crippen molar-refractivity contribution in [1.29, 1.82) is 0 Å². The Morgan fingerprint density at radius 2 is 2.15 bits per heavy atom. The molecule has 0 unspecified atom stereocenters. The Morgan fingerprint density at radius 1 is 1.54 bits per heavy atom. The van der Waals surface area contributed by atoms with Crippen molar-refractivity contribution >= 4 is 6.41 Å². The molecule has 76 valence electrons. The van der Waals surface area contributed by atoms with Gasteiger partial charge in [0.15, 0.2) is 0 Å². The molecule has 4 nitrogen and oxygen atoms in total. The zero-order chi connectivity index (χ0) is 9.90. The van der Waals surface area contributed by atoms with Gasteiger partial charge < -0.3 is 5.32 Å². The molecule has 4 heteroatoms. The van der Waals surface area contributed by atoms with E-state index in [1.54, 1.807) is 0 Å². The van der Waals surface area contributed by atoms with Crippen LogP contribution in [0.5, 0.6) is 0 Å². The van der Waals surface area contributed by atoms with Gasteiger partial charge in [0, 0.05) is 19.0 Å². The summed E-state index contributed by atoms with van der Waals surface area (Å²) in [7, 11) is 0. The Hall–Kier alpha value is -0.610. The fraction of sp³-hybridized carbons (Fsp3) is 0.889. The number of hydrogen-bond acceptors (Lipinski definition) is 3. The number of rotatable bonds is 4. The first-order valence-corrected chi connectivity index (χ1v) is 4.63. The lowest BCUT2D eigenvalue weighted by molar-refractivity contribution is -0.221. The topological polar surface area (TPSA) is 41.6 Å². The van der Waals surface area contributed by atoms with E-state index in [2.05, 4.69) is 5.32 Å². The highest BCUT2D eigenvalue weighted by Gasteiger charge is 2.23. The van der Waals surface area contributed by atoms with Crippen molar-refractivity contribution < 1.29 is 9.63 Å². The summed E-state index contributed by atoms with van der Waals surface area (Å²) in [6, 6.07) is 0. The van der Waals surface area contributed by atoms with Crippen molar-refractivity contribution in [3.8, 4) is 0 Å². The lowest BCUT2D eigenvalue weighted by Gasteiger charge is -2.33. The number of carbonyl (C=O) groups excluding carboxylic acids is 1. The molecule has 0 bridgehead atoms. The molecule has 0 saturated carbocycles. The molecule has 0 aromatic rings. The Kier molecular flexibility index (Phi) is 3.27. The molecule has 0 aromatic carbocycles. The number of nitrogens with zero attached hydrogens (tertiary/aromatic N) is 1. The van der Waals surface area contributed by atoms with Crippen molar-refractivity contribution in [2.45, 2.75) is 26.4 Å². The number of amides is 1. The highest BCUT2D eigenvalue weighted by Crippen LogP contribution is 2.12. The minimum Gasteiger partial charge on any atom is -0.316 e. The molecule has 0 aromatic heterocycles. The van der Waals surface area contributed by atoms with Gasteiger partial charge >= 0.3 is 0 Å². The quantitative estimate of drug-likeness (QED) is 0.510. The first-order chi connectivity index (χ1) is 6.01. The predicted molar refractivity (Wildman–Crippen MR) is 50.0 cm³/mol. The molecule has 1 aliphatic rings. The number of carbonyl (C=O) groups is 1. The van der Waals surface area contributed by atoms with Crippen molar-refractivity contribution in [3.63, 3.8) is 0 Å². The standard InChI is InChI=1S/C9H18N2O2/c1-9(2,3)13-11(7-12)6-8-4-10-5-8/h7-8,10H,4-6H2,1-3H3. The minimum atomic E-state index is -0.294. The van der Waals surface area contributed by atoms with E-state index < -0.39 is 0 Å². The molecular weight excluding hydrogens is 168 g/mol. The molecule has 1 rings (SSSR count). The van der Waals surface area contributed by atoms with Crippen LogP contribution < -0.4 is 5.32 Å². The van der Waals surface area contributed by atoms with E-state index in [1.807, 2.05) is 20.8 Å². The highest BCUT2D eigenvalue weighted by atomic mass is 16.7. The Bertz CT molecular complexity index is 173. The first kappa shape index (κ1) is 10.5. The lowest BCUT2D eigenvalue weighted by Crippen LogP contribution is -2.49. The normalized spacial score (nSPS) is 18.1. The molecule has 1 amide bonds. The van der Waals surface area contributed by atoms with Gasteiger partial charge in [-0.3, -0.25) is 9.63 Å². The van der Waals surface area contributed by atoms with Crippen molar-refractivity contribution in [1.82, 2.24) is 10.4 Å². The van der Waals surface area contributed by atoms with Gasteiger partial charge in [-0.1, -0.05) is 0 Å². The SMILES string of the molecule is CC(C)(C)ON(C=O)CC1CNC1. The van der Waals surface area contributed by atoms with Crippen LogP contribution in [0.1, 0.15) is 20.8 Å². The monoisotopic (exact) mass is 186 g/mol. The van der Waals surface area contributed by atoms with Crippen LogP contribution in [-0.2, 0) is 9.63 Å². The smallest absolute Gasteiger partial charge is 0.233 e. The zero-order valence-electron chi connectivity index (χ0n) is 8.54. The maximum Gasteiger partial charge on any atom is 0.233 e. The second kappa shape index (κ2) is 4.07. The van der Waals surface area contributed by atoms with Crippen LogP contribution in [0.3, 0.4) is 0 Å². The van der Waals surface area contributed by atoms with Crippen molar-refractivity contribution in [2.24, 2.45) is 5.92 Å². The maximum absolute atomic E-state index is 10.6. The molecule has 1 fully saturated rings. The molecule has 1 heterocycles. The second-order valence-corrected chi connectivity index (χ2v) is 4.43. The van der Waals surface area contributed by atoms with Gasteiger partial charge in [0.05, 0.1) is 12.1 Å². The van der Waals surface area contributed by atoms with E-state index in [-0.39, 0.29) is 5.60 Å². The highest BCUT2D eigenvalue weighted by molar-refractivity contribution is 5.45. The van der Waals surface area contributed by atoms with Gasteiger partial charge in [-0.2, -0.15) is 0 Å². The number of nitrogens with one attached hydrogen (secondary N) is 1. The van der Waals surface area contributed by atoms with E-state index in [1.165, 1.54) is 5.06 Å². The Morgan fingerprint density at radius 3 is 2.46 bits per heavy atom. The van der Waals surface area contributed by atoms with Crippen LogP contribution in [0.25, 0.3) is 0 Å². The van der Waals surface area contributed by atoms with Gasteiger partial charge in [0.1, 0.15) is 0 Å². The number of hydrogen-bond donors (Lipinski definition) is 1. The summed E-state index contributed by atoms with van der Waals surface area (Å²) in [5, 5.41) is 4.55. The molecule has 0 aliphatic carbocycles. The summed E-state index contributed by atoms with van der Waals surface area (Å²) >= 11 is 0. The van der Waals surface area contributed by atoms with Gasteiger partial charge in [-0.25, -0.2) is 5.06 Å². The maximum atomic E-state index is 10.6.